The van der Waals surface area contributed by atoms with Gasteiger partial charge in [-0.1, -0.05) is 6.92 Å². The van der Waals surface area contributed by atoms with Gasteiger partial charge in [-0.2, -0.15) is 0 Å². The summed E-state index contributed by atoms with van der Waals surface area (Å²) in [5, 5.41) is 10.4. The maximum atomic E-state index is 10.4. The van der Waals surface area contributed by atoms with Gasteiger partial charge < -0.3 is 24.4 Å². The molecular weight excluding hydrogens is 304 g/mol. The molecule has 0 saturated carbocycles. The summed E-state index contributed by atoms with van der Waals surface area (Å²) < 4.78 is 11.7. The molecule has 5 nitrogen and oxygen atoms in total. The number of hydrogen-bond acceptors (Lipinski definition) is 5. The Labute approximate surface area is 147 Å². The number of β-amino-alcohol motifs (C(OH)–C–C–N with tert-alkyl or cyclic N) is 1. The number of likely N-dealkylation sites (tertiary alicyclic amines) is 2. The van der Waals surface area contributed by atoms with Crippen LogP contribution < -0.4 is 0 Å². The molecule has 3 aliphatic rings. The first kappa shape index (κ1) is 18.6. The summed E-state index contributed by atoms with van der Waals surface area (Å²) in [6, 6.07) is 0. The van der Waals surface area contributed by atoms with Crippen LogP contribution in [0.15, 0.2) is 0 Å². The Kier molecular flexibility index (Phi) is 7.35. The minimum atomic E-state index is -0.220. The standard InChI is InChI=1S/C19H36N2O3/c1-16-4-8-20(9-5-16)13-17(22)14-21-10-6-18(7-11-21)24-15-19-3-2-12-23-19/h16-19,22H,2-15H2,1H3. The molecule has 3 aliphatic heterocycles. The number of ether oxygens (including phenoxy) is 2. The van der Waals surface area contributed by atoms with Gasteiger partial charge in [0.25, 0.3) is 0 Å². The molecule has 2 unspecified atom stereocenters. The second kappa shape index (κ2) is 9.48. The quantitative estimate of drug-likeness (QED) is 0.765. The topological polar surface area (TPSA) is 45.2 Å². The number of aliphatic hydroxyl groups is 1. The molecule has 0 aliphatic carbocycles. The van der Waals surface area contributed by atoms with Gasteiger partial charge in [0, 0.05) is 32.8 Å². The molecule has 140 valence electrons. The number of piperidine rings is 2. The molecule has 0 aromatic carbocycles. The molecule has 0 bridgehead atoms. The van der Waals surface area contributed by atoms with E-state index in [1.54, 1.807) is 0 Å². The number of rotatable bonds is 7. The first-order chi connectivity index (χ1) is 11.7. The van der Waals surface area contributed by atoms with E-state index in [0.717, 1.165) is 77.7 Å². The van der Waals surface area contributed by atoms with E-state index in [0.29, 0.717) is 12.2 Å². The molecule has 3 heterocycles. The molecule has 3 rings (SSSR count). The minimum absolute atomic E-state index is 0.220. The Hall–Kier alpha value is -0.200. The Bertz CT molecular complexity index is 347. The fraction of sp³-hybridized carbons (Fsp3) is 1.00. The van der Waals surface area contributed by atoms with Crippen LogP contribution in [-0.4, -0.2) is 85.7 Å². The number of nitrogens with zero attached hydrogens (tertiary/aromatic N) is 2. The van der Waals surface area contributed by atoms with E-state index in [2.05, 4.69) is 16.7 Å². The summed E-state index contributed by atoms with van der Waals surface area (Å²) in [5.74, 6) is 0.854. The summed E-state index contributed by atoms with van der Waals surface area (Å²) >= 11 is 0. The molecule has 1 N–H and O–H groups in total. The van der Waals surface area contributed by atoms with Gasteiger partial charge in [-0.3, -0.25) is 0 Å². The van der Waals surface area contributed by atoms with Crippen molar-refractivity contribution in [3.05, 3.63) is 0 Å². The van der Waals surface area contributed by atoms with Crippen LogP contribution in [0, 0.1) is 5.92 Å². The van der Waals surface area contributed by atoms with Crippen LogP contribution in [-0.2, 0) is 9.47 Å². The summed E-state index contributed by atoms with van der Waals surface area (Å²) in [6.07, 6.45) is 7.55. The van der Waals surface area contributed by atoms with Crippen molar-refractivity contribution in [1.82, 2.24) is 9.80 Å². The second-order valence-electron chi connectivity index (χ2n) is 8.11. The average molecular weight is 341 g/mol. The van der Waals surface area contributed by atoms with Gasteiger partial charge in [0.2, 0.25) is 0 Å². The Morgan fingerprint density at radius 2 is 1.62 bits per heavy atom. The van der Waals surface area contributed by atoms with E-state index in [1.807, 2.05) is 0 Å². The predicted molar refractivity (Wildman–Crippen MR) is 95.2 cm³/mol. The highest BCUT2D eigenvalue weighted by Crippen LogP contribution is 2.19. The first-order valence-electron chi connectivity index (χ1n) is 10.0. The third-order valence-corrected chi connectivity index (χ3v) is 5.89. The minimum Gasteiger partial charge on any atom is -0.390 e. The van der Waals surface area contributed by atoms with Crippen molar-refractivity contribution in [2.24, 2.45) is 5.92 Å². The van der Waals surface area contributed by atoms with Crippen molar-refractivity contribution < 1.29 is 14.6 Å². The van der Waals surface area contributed by atoms with Gasteiger partial charge >= 0.3 is 0 Å². The Morgan fingerprint density at radius 1 is 1.00 bits per heavy atom. The smallest absolute Gasteiger partial charge is 0.0809 e. The van der Waals surface area contributed by atoms with E-state index in [-0.39, 0.29) is 6.10 Å². The van der Waals surface area contributed by atoms with Crippen LogP contribution in [0.1, 0.15) is 45.4 Å². The molecule has 0 aromatic heterocycles. The van der Waals surface area contributed by atoms with Crippen molar-refractivity contribution in [1.29, 1.82) is 0 Å². The summed E-state index contributed by atoms with van der Waals surface area (Å²) in [4.78, 5) is 4.84. The maximum Gasteiger partial charge on any atom is 0.0809 e. The second-order valence-corrected chi connectivity index (χ2v) is 8.11. The molecule has 2 atom stereocenters. The van der Waals surface area contributed by atoms with Crippen molar-refractivity contribution >= 4 is 0 Å². The summed E-state index contributed by atoms with van der Waals surface area (Å²) in [7, 11) is 0. The number of aliphatic hydroxyl groups excluding tert-OH is 1. The Balaban J connectivity index is 1.27. The highest BCUT2D eigenvalue weighted by Gasteiger charge is 2.25. The lowest BCUT2D eigenvalue weighted by atomic mass is 9.99. The SMILES string of the molecule is CC1CCN(CC(O)CN2CCC(OCC3CCCO3)CC2)CC1. The van der Waals surface area contributed by atoms with E-state index < -0.39 is 0 Å². The van der Waals surface area contributed by atoms with Crippen molar-refractivity contribution in [3.63, 3.8) is 0 Å². The zero-order valence-electron chi connectivity index (χ0n) is 15.4. The lowest BCUT2D eigenvalue weighted by Crippen LogP contribution is -2.46. The van der Waals surface area contributed by atoms with Crippen LogP contribution in [0.3, 0.4) is 0 Å². The molecule has 5 heteroatoms. The van der Waals surface area contributed by atoms with Crippen molar-refractivity contribution in [2.75, 3.05) is 52.5 Å². The van der Waals surface area contributed by atoms with E-state index in [9.17, 15) is 5.11 Å². The third kappa shape index (κ3) is 5.95. The zero-order chi connectivity index (χ0) is 16.8. The van der Waals surface area contributed by atoms with Crippen LogP contribution in [0.2, 0.25) is 0 Å². The molecule has 0 radical (unpaired) electrons. The number of hydrogen-bond donors (Lipinski definition) is 1. The molecule has 0 aromatic rings. The fourth-order valence-corrected chi connectivity index (χ4v) is 4.18. The fourth-order valence-electron chi connectivity index (χ4n) is 4.18. The van der Waals surface area contributed by atoms with Gasteiger partial charge in [-0.25, -0.2) is 0 Å². The van der Waals surface area contributed by atoms with Gasteiger partial charge in [0.1, 0.15) is 0 Å². The summed E-state index contributed by atoms with van der Waals surface area (Å²) in [5.41, 5.74) is 0. The monoisotopic (exact) mass is 340 g/mol. The van der Waals surface area contributed by atoms with E-state index in [4.69, 9.17) is 9.47 Å². The molecule has 3 saturated heterocycles. The first-order valence-corrected chi connectivity index (χ1v) is 10.0. The lowest BCUT2D eigenvalue weighted by Gasteiger charge is -2.36. The largest absolute Gasteiger partial charge is 0.390 e. The lowest BCUT2D eigenvalue weighted by molar-refractivity contribution is -0.0463. The molecular formula is C19H36N2O3. The van der Waals surface area contributed by atoms with Crippen LogP contribution >= 0.6 is 0 Å². The summed E-state index contributed by atoms with van der Waals surface area (Å²) in [6.45, 7) is 10.0. The third-order valence-electron chi connectivity index (χ3n) is 5.89. The highest BCUT2D eigenvalue weighted by atomic mass is 16.5. The maximum absolute atomic E-state index is 10.4. The zero-order valence-corrected chi connectivity index (χ0v) is 15.4. The molecule has 0 spiro atoms. The highest BCUT2D eigenvalue weighted by molar-refractivity contribution is 4.78. The average Bonchev–Trinajstić information content (AvgIpc) is 3.10. The van der Waals surface area contributed by atoms with Crippen molar-refractivity contribution in [3.8, 4) is 0 Å². The van der Waals surface area contributed by atoms with E-state index in [1.165, 1.54) is 19.3 Å². The van der Waals surface area contributed by atoms with Gasteiger partial charge in [-0.05, 0) is 57.5 Å². The van der Waals surface area contributed by atoms with Crippen LogP contribution in [0.4, 0.5) is 0 Å². The van der Waals surface area contributed by atoms with E-state index >= 15 is 0 Å². The predicted octanol–water partition coefficient (Wildman–Crippen LogP) is 1.74. The van der Waals surface area contributed by atoms with Crippen LogP contribution in [0.5, 0.6) is 0 Å². The Morgan fingerprint density at radius 3 is 2.21 bits per heavy atom. The van der Waals surface area contributed by atoms with Gasteiger partial charge in [0.15, 0.2) is 0 Å². The molecule has 0 amide bonds. The van der Waals surface area contributed by atoms with Gasteiger partial charge in [-0.15, -0.1) is 0 Å². The van der Waals surface area contributed by atoms with Crippen LogP contribution in [0.25, 0.3) is 0 Å². The molecule has 3 fully saturated rings. The van der Waals surface area contributed by atoms with Gasteiger partial charge in [0.05, 0.1) is 24.9 Å². The van der Waals surface area contributed by atoms with Crippen molar-refractivity contribution in [2.45, 2.75) is 63.8 Å². The normalized spacial score (nSPS) is 30.0. The molecule has 24 heavy (non-hydrogen) atoms.